The van der Waals surface area contributed by atoms with Gasteiger partial charge in [0.25, 0.3) is 0 Å². The highest BCUT2D eigenvalue weighted by atomic mass is 79.9. The third-order valence-corrected chi connectivity index (χ3v) is 4.12. The number of likely N-dealkylation sites (N-methyl/N-ethyl adjacent to an activating group) is 1. The Kier molecular flexibility index (Phi) is 7.17. The third-order valence-electron chi connectivity index (χ3n) is 3.40. The number of halogens is 2. The molecule has 0 saturated heterocycles. The van der Waals surface area contributed by atoms with Gasteiger partial charge in [-0.05, 0) is 49.7 Å². The SMILES string of the molecule is CCNC(=O)C(=O)N/N=C\c1cc(Br)ccc1Nc1cc(Cl)ccc1C. The molecule has 3 N–H and O–H groups in total. The zero-order chi connectivity index (χ0) is 19.1. The van der Waals surface area contributed by atoms with Crippen molar-refractivity contribution in [3.8, 4) is 0 Å². The van der Waals surface area contributed by atoms with Crippen molar-refractivity contribution in [1.29, 1.82) is 0 Å². The summed E-state index contributed by atoms with van der Waals surface area (Å²) >= 11 is 9.47. The van der Waals surface area contributed by atoms with Crippen LogP contribution in [-0.4, -0.2) is 24.6 Å². The smallest absolute Gasteiger partial charge is 0.329 e. The molecule has 0 aliphatic carbocycles. The van der Waals surface area contributed by atoms with Gasteiger partial charge in [-0.2, -0.15) is 5.10 Å². The van der Waals surface area contributed by atoms with Crippen molar-refractivity contribution in [1.82, 2.24) is 10.7 Å². The summed E-state index contributed by atoms with van der Waals surface area (Å²) in [6.45, 7) is 4.07. The average molecular weight is 438 g/mol. The molecule has 0 aromatic heterocycles. The first-order valence-corrected chi connectivity index (χ1v) is 9.01. The van der Waals surface area contributed by atoms with E-state index >= 15 is 0 Å². The monoisotopic (exact) mass is 436 g/mol. The number of benzene rings is 2. The van der Waals surface area contributed by atoms with Gasteiger partial charge in [-0.3, -0.25) is 9.59 Å². The first-order chi connectivity index (χ1) is 12.4. The molecule has 2 rings (SSSR count). The molecule has 0 fully saturated rings. The summed E-state index contributed by atoms with van der Waals surface area (Å²) in [4.78, 5) is 23.0. The number of carbonyl (C=O) groups excluding carboxylic acids is 2. The van der Waals surface area contributed by atoms with Crippen LogP contribution in [-0.2, 0) is 9.59 Å². The van der Waals surface area contributed by atoms with Crippen molar-refractivity contribution in [2.45, 2.75) is 13.8 Å². The molecular formula is C18H18BrClN4O2. The van der Waals surface area contributed by atoms with E-state index < -0.39 is 11.8 Å². The second kappa shape index (κ2) is 9.35. The minimum absolute atomic E-state index is 0.370. The van der Waals surface area contributed by atoms with Crippen LogP contribution in [0.3, 0.4) is 0 Å². The van der Waals surface area contributed by atoms with E-state index in [2.05, 4.69) is 37.1 Å². The van der Waals surface area contributed by atoms with Crippen LogP contribution in [0.5, 0.6) is 0 Å². The normalized spacial score (nSPS) is 10.6. The molecule has 136 valence electrons. The van der Waals surface area contributed by atoms with Crippen molar-refractivity contribution in [3.05, 3.63) is 57.0 Å². The largest absolute Gasteiger partial charge is 0.355 e. The van der Waals surface area contributed by atoms with E-state index in [1.807, 2.05) is 43.3 Å². The van der Waals surface area contributed by atoms with Crippen molar-refractivity contribution in [2.24, 2.45) is 5.10 Å². The Morgan fingerprint density at radius 3 is 2.65 bits per heavy atom. The summed E-state index contributed by atoms with van der Waals surface area (Å²) in [5.74, 6) is -1.55. The second-order valence-electron chi connectivity index (χ2n) is 5.37. The van der Waals surface area contributed by atoms with Crippen LogP contribution >= 0.6 is 27.5 Å². The van der Waals surface area contributed by atoms with Crippen molar-refractivity contribution >= 4 is 56.9 Å². The summed E-state index contributed by atoms with van der Waals surface area (Å²) in [5, 5.41) is 10.2. The minimum atomic E-state index is -0.821. The Bertz CT molecular complexity index is 855. The first-order valence-electron chi connectivity index (χ1n) is 7.84. The lowest BCUT2D eigenvalue weighted by Crippen LogP contribution is -2.37. The molecule has 0 aliphatic rings. The van der Waals surface area contributed by atoms with Gasteiger partial charge in [0.1, 0.15) is 0 Å². The predicted octanol–water partition coefficient (Wildman–Crippen LogP) is 3.74. The predicted molar refractivity (Wildman–Crippen MR) is 108 cm³/mol. The lowest BCUT2D eigenvalue weighted by Gasteiger charge is -2.13. The van der Waals surface area contributed by atoms with Crippen LogP contribution in [0.2, 0.25) is 5.02 Å². The number of nitrogens with zero attached hydrogens (tertiary/aromatic N) is 1. The molecule has 2 aromatic carbocycles. The van der Waals surface area contributed by atoms with Gasteiger partial charge in [0.15, 0.2) is 0 Å². The van der Waals surface area contributed by atoms with Crippen molar-refractivity contribution < 1.29 is 9.59 Å². The summed E-state index contributed by atoms with van der Waals surface area (Å²) < 4.78 is 0.849. The van der Waals surface area contributed by atoms with Gasteiger partial charge in [0.2, 0.25) is 0 Å². The minimum Gasteiger partial charge on any atom is -0.355 e. The number of hydrazone groups is 1. The number of nitrogens with one attached hydrogen (secondary N) is 3. The zero-order valence-electron chi connectivity index (χ0n) is 14.3. The van der Waals surface area contributed by atoms with E-state index in [0.717, 1.165) is 27.0 Å². The van der Waals surface area contributed by atoms with Gasteiger partial charge in [0.05, 0.1) is 6.21 Å². The van der Waals surface area contributed by atoms with Crippen LogP contribution in [0, 0.1) is 6.92 Å². The Labute approximate surface area is 165 Å². The van der Waals surface area contributed by atoms with E-state index in [1.165, 1.54) is 6.21 Å². The van der Waals surface area contributed by atoms with E-state index in [4.69, 9.17) is 11.6 Å². The third kappa shape index (κ3) is 5.57. The Morgan fingerprint density at radius 2 is 1.92 bits per heavy atom. The van der Waals surface area contributed by atoms with E-state index in [9.17, 15) is 9.59 Å². The van der Waals surface area contributed by atoms with Gasteiger partial charge in [0, 0.05) is 33.0 Å². The number of carbonyl (C=O) groups is 2. The lowest BCUT2D eigenvalue weighted by atomic mass is 10.1. The maximum atomic E-state index is 11.6. The molecule has 0 saturated carbocycles. The summed E-state index contributed by atoms with van der Waals surface area (Å²) in [6, 6.07) is 11.2. The van der Waals surface area contributed by atoms with Gasteiger partial charge >= 0.3 is 11.8 Å². The molecular weight excluding hydrogens is 420 g/mol. The number of anilines is 2. The van der Waals surface area contributed by atoms with Crippen molar-refractivity contribution in [2.75, 3.05) is 11.9 Å². The van der Waals surface area contributed by atoms with E-state index in [0.29, 0.717) is 11.6 Å². The second-order valence-corrected chi connectivity index (χ2v) is 6.73. The van der Waals surface area contributed by atoms with Gasteiger partial charge in [-0.15, -0.1) is 0 Å². The maximum Gasteiger partial charge on any atom is 0.329 e. The Hall–Kier alpha value is -2.38. The average Bonchev–Trinajstić information content (AvgIpc) is 2.60. The van der Waals surface area contributed by atoms with Crippen LogP contribution in [0.25, 0.3) is 0 Å². The fourth-order valence-corrected chi connectivity index (χ4v) is 2.63. The molecule has 26 heavy (non-hydrogen) atoms. The number of hydrogen-bond acceptors (Lipinski definition) is 4. The quantitative estimate of drug-likeness (QED) is 0.378. The maximum absolute atomic E-state index is 11.6. The van der Waals surface area contributed by atoms with Gasteiger partial charge in [-0.25, -0.2) is 5.43 Å². The highest BCUT2D eigenvalue weighted by molar-refractivity contribution is 9.10. The highest BCUT2D eigenvalue weighted by Crippen LogP contribution is 2.27. The first kappa shape index (κ1) is 19.9. The molecule has 0 spiro atoms. The van der Waals surface area contributed by atoms with Gasteiger partial charge in [-0.1, -0.05) is 33.6 Å². The molecule has 0 atom stereocenters. The number of amides is 2. The van der Waals surface area contributed by atoms with Crippen molar-refractivity contribution in [3.63, 3.8) is 0 Å². The topological polar surface area (TPSA) is 82.6 Å². The molecule has 8 heteroatoms. The Balaban J connectivity index is 2.19. The van der Waals surface area contributed by atoms with Crippen LogP contribution in [0.15, 0.2) is 46.0 Å². The number of hydrogen-bond donors (Lipinski definition) is 3. The molecule has 6 nitrogen and oxygen atoms in total. The van der Waals surface area contributed by atoms with E-state index in [-0.39, 0.29) is 0 Å². The van der Waals surface area contributed by atoms with Crippen LogP contribution < -0.4 is 16.1 Å². The Morgan fingerprint density at radius 1 is 1.15 bits per heavy atom. The molecule has 0 heterocycles. The van der Waals surface area contributed by atoms with Crippen LogP contribution in [0.1, 0.15) is 18.1 Å². The van der Waals surface area contributed by atoms with Crippen LogP contribution in [0.4, 0.5) is 11.4 Å². The molecule has 2 aromatic rings. The molecule has 0 bridgehead atoms. The zero-order valence-corrected chi connectivity index (χ0v) is 16.6. The molecule has 0 radical (unpaired) electrons. The van der Waals surface area contributed by atoms with E-state index in [1.54, 1.807) is 6.92 Å². The molecule has 0 unspecified atom stereocenters. The summed E-state index contributed by atoms with van der Waals surface area (Å²) in [7, 11) is 0. The fraction of sp³-hybridized carbons (Fsp3) is 0.167. The highest BCUT2D eigenvalue weighted by Gasteiger charge is 2.10. The number of rotatable bonds is 5. The van der Waals surface area contributed by atoms with Gasteiger partial charge < -0.3 is 10.6 Å². The fourth-order valence-electron chi connectivity index (χ4n) is 2.08. The summed E-state index contributed by atoms with van der Waals surface area (Å²) in [6.07, 6.45) is 1.46. The molecule has 2 amide bonds. The standard InChI is InChI=1S/C18H18BrClN4O2/c1-3-21-17(25)18(26)24-22-10-12-8-13(19)5-7-15(12)23-16-9-14(20)6-4-11(16)2/h4-10,23H,3H2,1-2H3,(H,21,25)(H,24,26)/b22-10-. The summed E-state index contributed by atoms with van der Waals surface area (Å²) in [5.41, 5.74) is 5.59. The molecule has 0 aliphatic heterocycles. The number of aryl methyl sites for hydroxylation is 1. The lowest BCUT2D eigenvalue weighted by molar-refractivity contribution is -0.139.